The minimum atomic E-state index is -3.34. The summed E-state index contributed by atoms with van der Waals surface area (Å²) in [7, 11) is -3.34. The minimum absolute atomic E-state index is 0. The van der Waals surface area contributed by atoms with Gasteiger partial charge in [-0.2, -0.15) is 4.31 Å². The summed E-state index contributed by atoms with van der Waals surface area (Å²) >= 11 is 0. The molecule has 4 nitrogen and oxygen atoms in total. The number of hydrogen-bond donors (Lipinski definition) is 1. The van der Waals surface area contributed by atoms with Crippen molar-refractivity contribution in [2.45, 2.75) is 55.5 Å². The zero-order valence-corrected chi connectivity index (χ0v) is 14.3. The van der Waals surface area contributed by atoms with Gasteiger partial charge in [0, 0.05) is 25.2 Å². The number of benzene rings is 1. The van der Waals surface area contributed by atoms with E-state index in [1.807, 2.05) is 12.1 Å². The van der Waals surface area contributed by atoms with E-state index in [-0.39, 0.29) is 12.4 Å². The Kier molecular flexibility index (Phi) is 4.52. The molecule has 1 aromatic rings. The van der Waals surface area contributed by atoms with Crippen molar-refractivity contribution in [1.82, 2.24) is 9.62 Å². The minimum Gasteiger partial charge on any atom is -0.310 e. The van der Waals surface area contributed by atoms with Crippen molar-refractivity contribution in [3.05, 3.63) is 29.3 Å². The molecule has 2 atom stereocenters. The molecule has 1 aromatic carbocycles. The number of sulfonamides is 1. The Morgan fingerprint density at radius 3 is 2.68 bits per heavy atom. The second-order valence-electron chi connectivity index (χ2n) is 6.57. The van der Waals surface area contributed by atoms with Crippen LogP contribution >= 0.6 is 12.4 Å². The van der Waals surface area contributed by atoms with E-state index in [4.69, 9.17) is 0 Å². The fourth-order valence-corrected chi connectivity index (χ4v) is 5.54. The van der Waals surface area contributed by atoms with E-state index in [9.17, 15) is 8.42 Å². The Hall–Kier alpha value is -0.620. The van der Waals surface area contributed by atoms with Crippen LogP contribution < -0.4 is 5.32 Å². The molecule has 2 bridgehead atoms. The molecule has 6 heteroatoms. The molecule has 22 heavy (non-hydrogen) atoms. The summed E-state index contributed by atoms with van der Waals surface area (Å²) in [5, 5.41) is 3.54. The first-order valence-corrected chi connectivity index (χ1v) is 9.45. The van der Waals surface area contributed by atoms with Crippen molar-refractivity contribution >= 4 is 22.4 Å². The molecule has 2 fully saturated rings. The van der Waals surface area contributed by atoms with Gasteiger partial charge in [-0.15, -0.1) is 12.4 Å². The number of aryl methyl sites for hydroxylation is 2. The first-order chi connectivity index (χ1) is 10.1. The van der Waals surface area contributed by atoms with Gasteiger partial charge < -0.3 is 5.32 Å². The molecule has 0 radical (unpaired) electrons. The molecule has 0 saturated carbocycles. The Bertz CT molecular complexity index is 662. The summed E-state index contributed by atoms with van der Waals surface area (Å²) in [5.41, 5.74) is 2.55. The molecule has 3 aliphatic rings. The fraction of sp³-hybridized carbons (Fsp3) is 0.625. The van der Waals surface area contributed by atoms with Gasteiger partial charge in [-0.05, 0) is 61.8 Å². The molecule has 122 valence electrons. The fourth-order valence-electron chi connectivity index (χ4n) is 3.99. The van der Waals surface area contributed by atoms with Gasteiger partial charge >= 0.3 is 0 Å². The highest BCUT2D eigenvalue weighted by atomic mass is 35.5. The lowest BCUT2D eigenvalue weighted by molar-refractivity contribution is 0.383. The maximum absolute atomic E-state index is 12.9. The summed E-state index contributed by atoms with van der Waals surface area (Å²) in [6, 6.07) is 6.57. The van der Waals surface area contributed by atoms with Gasteiger partial charge in [-0.1, -0.05) is 6.07 Å². The second-order valence-corrected chi connectivity index (χ2v) is 8.51. The maximum Gasteiger partial charge on any atom is 0.243 e. The van der Waals surface area contributed by atoms with E-state index in [2.05, 4.69) is 5.32 Å². The molecule has 1 N–H and O–H groups in total. The van der Waals surface area contributed by atoms with E-state index in [1.165, 1.54) is 17.5 Å². The van der Waals surface area contributed by atoms with Crippen molar-refractivity contribution in [2.75, 3.05) is 13.1 Å². The zero-order valence-electron chi connectivity index (χ0n) is 12.6. The Morgan fingerprint density at radius 1 is 1.05 bits per heavy atom. The topological polar surface area (TPSA) is 49.4 Å². The van der Waals surface area contributed by atoms with Crippen LogP contribution in [0.4, 0.5) is 0 Å². The van der Waals surface area contributed by atoms with Crippen molar-refractivity contribution in [2.24, 2.45) is 0 Å². The smallest absolute Gasteiger partial charge is 0.243 e. The molecule has 2 saturated heterocycles. The van der Waals surface area contributed by atoms with E-state index in [0.717, 1.165) is 32.1 Å². The monoisotopic (exact) mass is 342 g/mol. The number of hydrogen-bond acceptors (Lipinski definition) is 3. The zero-order chi connectivity index (χ0) is 14.4. The molecular weight excluding hydrogens is 320 g/mol. The van der Waals surface area contributed by atoms with Crippen LogP contribution in [0, 0.1) is 0 Å². The van der Waals surface area contributed by atoms with Crippen LogP contribution in [0.5, 0.6) is 0 Å². The van der Waals surface area contributed by atoms with Crippen LogP contribution in [0.2, 0.25) is 0 Å². The third-order valence-corrected chi connectivity index (χ3v) is 7.05. The van der Waals surface area contributed by atoms with Crippen molar-refractivity contribution in [3.8, 4) is 0 Å². The summed E-state index contributed by atoms with van der Waals surface area (Å²) in [6.45, 7) is 1.27. The average molecular weight is 343 g/mol. The first-order valence-electron chi connectivity index (χ1n) is 8.01. The Balaban J connectivity index is 0.00000144. The highest BCUT2D eigenvalue weighted by Gasteiger charge is 2.35. The van der Waals surface area contributed by atoms with Crippen LogP contribution in [0.3, 0.4) is 0 Å². The summed E-state index contributed by atoms with van der Waals surface area (Å²) in [4.78, 5) is 0.487. The molecule has 2 unspecified atom stereocenters. The number of fused-ring (bicyclic) bond motifs is 3. The van der Waals surface area contributed by atoms with Crippen LogP contribution in [-0.4, -0.2) is 37.9 Å². The van der Waals surface area contributed by atoms with E-state index < -0.39 is 10.0 Å². The third kappa shape index (κ3) is 2.80. The molecule has 2 heterocycles. The predicted octanol–water partition coefficient (Wildman–Crippen LogP) is 2.11. The van der Waals surface area contributed by atoms with Gasteiger partial charge in [0.1, 0.15) is 0 Å². The van der Waals surface area contributed by atoms with Crippen LogP contribution in [-0.2, 0) is 22.9 Å². The van der Waals surface area contributed by atoms with E-state index in [0.29, 0.717) is 30.1 Å². The van der Waals surface area contributed by atoms with Gasteiger partial charge in [0.05, 0.1) is 4.90 Å². The Labute approximate surface area is 138 Å². The lowest BCUT2D eigenvalue weighted by Gasteiger charge is -2.24. The number of nitrogens with one attached hydrogen (secondary N) is 1. The molecule has 0 spiro atoms. The second kappa shape index (κ2) is 6.11. The predicted molar refractivity (Wildman–Crippen MR) is 89.0 cm³/mol. The Morgan fingerprint density at radius 2 is 1.82 bits per heavy atom. The summed E-state index contributed by atoms with van der Waals surface area (Å²) in [5.74, 6) is 0. The van der Waals surface area contributed by atoms with Crippen molar-refractivity contribution < 1.29 is 8.42 Å². The van der Waals surface area contributed by atoms with Gasteiger partial charge in [0.25, 0.3) is 0 Å². The lowest BCUT2D eigenvalue weighted by atomic mass is 10.1. The van der Waals surface area contributed by atoms with Gasteiger partial charge in [0.2, 0.25) is 10.0 Å². The lowest BCUT2D eigenvalue weighted by Crippen LogP contribution is -2.39. The van der Waals surface area contributed by atoms with Crippen LogP contribution in [0.25, 0.3) is 0 Å². The standard InChI is InChI=1S/C16H22N2O2S.ClH/c19-21(20,16-7-4-12-2-1-3-13(12)10-16)18-9-8-14-5-6-15(11-18)17-14;/h4,7,10,14-15,17H,1-3,5-6,8-9,11H2;1H. The first kappa shape index (κ1) is 16.2. The van der Waals surface area contributed by atoms with Crippen molar-refractivity contribution in [1.29, 1.82) is 0 Å². The molecule has 0 amide bonds. The largest absolute Gasteiger partial charge is 0.310 e. The molecular formula is C16H23ClN2O2S. The van der Waals surface area contributed by atoms with Gasteiger partial charge in [-0.3, -0.25) is 0 Å². The molecule has 2 aliphatic heterocycles. The molecule has 0 aromatic heterocycles. The van der Waals surface area contributed by atoms with Crippen LogP contribution in [0.1, 0.15) is 36.8 Å². The normalized spacial score (nSPS) is 28.0. The van der Waals surface area contributed by atoms with Gasteiger partial charge in [0.15, 0.2) is 0 Å². The SMILES string of the molecule is Cl.O=S(=O)(c1ccc2c(c1)CCC2)N1CCC2CCC(C1)N2. The third-order valence-electron chi connectivity index (χ3n) is 5.19. The highest BCUT2D eigenvalue weighted by Crippen LogP contribution is 2.28. The number of halogens is 1. The van der Waals surface area contributed by atoms with E-state index >= 15 is 0 Å². The van der Waals surface area contributed by atoms with Crippen molar-refractivity contribution in [3.63, 3.8) is 0 Å². The number of nitrogens with zero attached hydrogens (tertiary/aromatic N) is 1. The summed E-state index contributed by atoms with van der Waals surface area (Å²) in [6.07, 6.45) is 6.48. The highest BCUT2D eigenvalue weighted by molar-refractivity contribution is 7.89. The van der Waals surface area contributed by atoms with Gasteiger partial charge in [-0.25, -0.2) is 8.42 Å². The molecule has 1 aliphatic carbocycles. The quantitative estimate of drug-likeness (QED) is 0.895. The average Bonchev–Trinajstić information content (AvgIpc) is 3.03. The number of rotatable bonds is 2. The van der Waals surface area contributed by atoms with Crippen LogP contribution in [0.15, 0.2) is 23.1 Å². The van der Waals surface area contributed by atoms with E-state index in [1.54, 1.807) is 10.4 Å². The summed E-state index contributed by atoms with van der Waals surface area (Å²) < 4.78 is 27.5. The molecule has 4 rings (SSSR count). The maximum atomic E-state index is 12.9.